The molecule has 2 aliphatic rings. The number of allylic oxidation sites excluding steroid dienone is 3. The third-order valence-corrected chi connectivity index (χ3v) is 3.59. The maximum atomic E-state index is 11.1. The maximum Gasteiger partial charge on any atom is 0.270 e. The van der Waals surface area contributed by atoms with Crippen LogP contribution in [0.4, 0.5) is 0 Å². The highest BCUT2D eigenvalue weighted by molar-refractivity contribution is 6.26. The van der Waals surface area contributed by atoms with Gasteiger partial charge < -0.3 is 9.97 Å². The van der Waals surface area contributed by atoms with E-state index in [0.717, 1.165) is 27.8 Å². The van der Waals surface area contributed by atoms with Crippen LogP contribution in [0.25, 0.3) is 18.2 Å². The van der Waals surface area contributed by atoms with E-state index in [1.807, 2.05) is 54.6 Å². The summed E-state index contributed by atoms with van der Waals surface area (Å²) >= 11 is 0. The molecule has 24 heavy (non-hydrogen) atoms. The van der Waals surface area contributed by atoms with Crippen LogP contribution in [0.5, 0.6) is 0 Å². The van der Waals surface area contributed by atoms with Gasteiger partial charge in [-0.15, -0.1) is 0 Å². The zero-order chi connectivity index (χ0) is 16.4. The van der Waals surface area contributed by atoms with E-state index in [9.17, 15) is 4.79 Å². The fourth-order valence-corrected chi connectivity index (χ4v) is 2.52. The number of aromatic nitrogens is 2. The summed E-state index contributed by atoms with van der Waals surface area (Å²) in [7, 11) is 0. The highest BCUT2D eigenvalue weighted by Gasteiger charge is 2.02. The van der Waals surface area contributed by atoms with Gasteiger partial charge in [-0.05, 0) is 60.7 Å². The van der Waals surface area contributed by atoms with Gasteiger partial charge in [0.25, 0.3) is 5.91 Å². The van der Waals surface area contributed by atoms with Crippen molar-refractivity contribution in [2.24, 2.45) is 9.98 Å². The van der Waals surface area contributed by atoms with Crippen LogP contribution in [0.2, 0.25) is 0 Å². The summed E-state index contributed by atoms with van der Waals surface area (Å²) in [5.41, 5.74) is 3.59. The van der Waals surface area contributed by atoms with Crippen molar-refractivity contribution in [2.75, 3.05) is 0 Å². The van der Waals surface area contributed by atoms with Crippen LogP contribution in [0.15, 0.2) is 64.3 Å². The lowest BCUT2D eigenvalue weighted by Gasteiger charge is -1.89. The zero-order valence-corrected chi connectivity index (χ0v) is 12.7. The summed E-state index contributed by atoms with van der Waals surface area (Å²) < 4.78 is 0. The molecule has 1 amide bonds. The van der Waals surface area contributed by atoms with Crippen molar-refractivity contribution in [3.8, 4) is 0 Å². The Bertz CT molecular complexity index is 1060. The number of H-pyrrole nitrogens is 2. The number of amides is 1. The van der Waals surface area contributed by atoms with Gasteiger partial charge in [-0.3, -0.25) is 9.79 Å². The SMILES string of the molecule is O=C1C=CC(/C=c2\cc/c(=C/c3ccc(/C=C4/C=CC=N4)[nH]3)[nH]2)=N1. The standard InChI is InChI=1S/C19H14N4O/c24-19-8-7-18(23-19)12-17-6-5-16(22-17)11-15-4-3-14(21-15)10-13-2-1-9-20-13/h1-12,21-22H/b13-10-,16-11-,17-12+. The van der Waals surface area contributed by atoms with Crippen LogP contribution in [0.1, 0.15) is 11.4 Å². The number of aromatic amines is 2. The van der Waals surface area contributed by atoms with Crippen molar-refractivity contribution in [1.82, 2.24) is 9.97 Å². The molecule has 0 bridgehead atoms. The van der Waals surface area contributed by atoms with E-state index in [-0.39, 0.29) is 5.91 Å². The van der Waals surface area contributed by atoms with E-state index in [2.05, 4.69) is 20.0 Å². The second-order valence-electron chi connectivity index (χ2n) is 5.44. The lowest BCUT2D eigenvalue weighted by Crippen LogP contribution is -2.10. The third-order valence-electron chi connectivity index (χ3n) is 3.59. The van der Waals surface area contributed by atoms with Crippen molar-refractivity contribution in [3.05, 3.63) is 76.4 Å². The maximum absolute atomic E-state index is 11.1. The summed E-state index contributed by atoms with van der Waals surface area (Å²) in [5.74, 6) is -0.214. The van der Waals surface area contributed by atoms with Crippen LogP contribution in [-0.4, -0.2) is 27.8 Å². The number of carbonyl (C=O) groups is 1. The quantitative estimate of drug-likeness (QED) is 0.884. The van der Waals surface area contributed by atoms with Gasteiger partial charge in [0.1, 0.15) is 0 Å². The summed E-state index contributed by atoms with van der Waals surface area (Å²) in [6.45, 7) is 0. The molecule has 0 aliphatic carbocycles. The number of rotatable bonds is 3. The van der Waals surface area contributed by atoms with Crippen molar-refractivity contribution < 1.29 is 4.79 Å². The predicted molar refractivity (Wildman–Crippen MR) is 96.1 cm³/mol. The molecular formula is C19H14N4O. The fraction of sp³-hybridized carbons (Fsp3) is 0. The predicted octanol–water partition coefficient (Wildman–Crippen LogP) is 1.47. The minimum Gasteiger partial charge on any atom is -0.355 e. The molecule has 0 fully saturated rings. The molecule has 4 heterocycles. The molecule has 0 aromatic carbocycles. The molecule has 0 spiro atoms. The van der Waals surface area contributed by atoms with Crippen LogP contribution >= 0.6 is 0 Å². The molecule has 4 rings (SSSR count). The Balaban J connectivity index is 1.59. The van der Waals surface area contributed by atoms with Crippen LogP contribution in [0, 0.1) is 0 Å². The monoisotopic (exact) mass is 314 g/mol. The number of hydrogen-bond donors (Lipinski definition) is 2. The van der Waals surface area contributed by atoms with Crippen molar-refractivity contribution in [2.45, 2.75) is 0 Å². The summed E-state index contributed by atoms with van der Waals surface area (Å²) in [6.07, 6.45) is 14.7. The summed E-state index contributed by atoms with van der Waals surface area (Å²) in [4.78, 5) is 25.8. The van der Waals surface area contributed by atoms with Gasteiger partial charge in [-0.1, -0.05) is 0 Å². The Hall–Kier alpha value is -3.47. The van der Waals surface area contributed by atoms with Gasteiger partial charge in [-0.25, -0.2) is 4.99 Å². The zero-order valence-electron chi connectivity index (χ0n) is 12.7. The van der Waals surface area contributed by atoms with Crippen molar-refractivity contribution in [3.63, 3.8) is 0 Å². The molecule has 0 saturated heterocycles. The van der Waals surface area contributed by atoms with Gasteiger partial charge in [0.05, 0.1) is 11.4 Å². The Labute approximate surface area is 137 Å². The molecule has 2 aromatic heterocycles. The summed E-state index contributed by atoms with van der Waals surface area (Å²) in [5, 5.41) is 1.87. The largest absolute Gasteiger partial charge is 0.355 e. The van der Waals surface area contributed by atoms with E-state index in [1.54, 1.807) is 12.3 Å². The number of hydrogen-bond acceptors (Lipinski definition) is 2. The highest BCUT2D eigenvalue weighted by atomic mass is 16.1. The Kier molecular flexibility index (Phi) is 3.51. The van der Waals surface area contributed by atoms with Crippen LogP contribution in [-0.2, 0) is 4.79 Å². The first-order valence-electron chi connectivity index (χ1n) is 7.55. The lowest BCUT2D eigenvalue weighted by atomic mass is 10.3. The fourth-order valence-electron chi connectivity index (χ4n) is 2.52. The topological polar surface area (TPSA) is 73.4 Å². The molecule has 0 radical (unpaired) electrons. The average Bonchev–Trinajstić information content (AvgIpc) is 3.32. The Morgan fingerprint density at radius 2 is 1.62 bits per heavy atom. The Morgan fingerprint density at radius 3 is 2.33 bits per heavy atom. The summed E-state index contributed by atoms with van der Waals surface area (Å²) in [6, 6.07) is 7.96. The molecular weight excluding hydrogens is 300 g/mol. The van der Waals surface area contributed by atoms with E-state index >= 15 is 0 Å². The molecule has 2 N–H and O–H groups in total. The van der Waals surface area contributed by atoms with E-state index in [1.165, 1.54) is 6.08 Å². The first kappa shape index (κ1) is 14.1. The second-order valence-corrected chi connectivity index (χ2v) is 5.44. The lowest BCUT2D eigenvalue weighted by molar-refractivity contribution is -0.113. The smallest absolute Gasteiger partial charge is 0.270 e. The molecule has 116 valence electrons. The minimum absolute atomic E-state index is 0.214. The second kappa shape index (κ2) is 5.96. The molecule has 5 nitrogen and oxygen atoms in total. The first-order chi connectivity index (χ1) is 11.7. The van der Waals surface area contributed by atoms with Gasteiger partial charge >= 0.3 is 0 Å². The van der Waals surface area contributed by atoms with Crippen molar-refractivity contribution in [1.29, 1.82) is 0 Å². The van der Waals surface area contributed by atoms with Gasteiger partial charge in [0.2, 0.25) is 0 Å². The minimum atomic E-state index is -0.214. The molecule has 2 aliphatic heterocycles. The average molecular weight is 314 g/mol. The molecule has 2 aromatic rings. The number of nitrogens with one attached hydrogen (secondary N) is 2. The first-order valence-corrected chi connectivity index (χ1v) is 7.55. The normalized spacial score (nSPS) is 19.2. The van der Waals surface area contributed by atoms with Crippen LogP contribution < -0.4 is 10.7 Å². The van der Waals surface area contributed by atoms with Gasteiger partial charge in [0.15, 0.2) is 0 Å². The highest BCUT2D eigenvalue weighted by Crippen LogP contribution is 2.11. The van der Waals surface area contributed by atoms with Gasteiger partial charge in [0, 0.05) is 34.4 Å². The molecule has 5 heteroatoms. The molecule has 0 atom stereocenters. The van der Waals surface area contributed by atoms with E-state index in [0.29, 0.717) is 5.71 Å². The molecule has 0 saturated carbocycles. The van der Waals surface area contributed by atoms with E-state index in [4.69, 9.17) is 0 Å². The number of nitrogens with zero attached hydrogens (tertiary/aromatic N) is 2. The Morgan fingerprint density at radius 1 is 0.833 bits per heavy atom. The van der Waals surface area contributed by atoms with E-state index < -0.39 is 0 Å². The van der Waals surface area contributed by atoms with Gasteiger partial charge in [-0.2, -0.15) is 0 Å². The third kappa shape index (κ3) is 3.15. The van der Waals surface area contributed by atoms with Crippen molar-refractivity contribution >= 4 is 36.1 Å². The number of carbonyl (C=O) groups excluding carboxylic acids is 1. The van der Waals surface area contributed by atoms with Crippen LogP contribution in [0.3, 0.4) is 0 Å². The molecule has 0 unspecified atom stereocenters. The number of aliphatic imine (C=N–C) groups is 2.